The molecule has 0 radical (unpaired) electrons. The van der Waals surface area contributed by atoms with Crippen molar-refractivity contribution in [1.82, 2.24) is 4.90 Å². The lowest BCUT2D eigenvalue weighted by atomic mass is 10.1. The molecule has 18 heavy (non-hydrogen) atoms. The molecule has 0 aliphatic carbocycles. The van der Waals surface area contributed by atoms with E-state index in [1.807, 2.05) is 6.07 Å². The predicted octanol–water partition coefficient (Wildman–Crippen LogP) is 0.907. The number of aryl methyl sites for hydroxylation is 1. The Balaban J connectivity index is 2.99. The first-order valence-corrected chi connectivity index (χ1v) is 6.12. The first kappa shape index (κ1) is 14.3. The monoisotopic (exact) mass is 250 g/mol. The summed E-state index contributed by atoms with van der Waals surface area (Å²) < 4.78 is 1.36. The standard InChI is InChI=1S/C13H19N3O2/c1-4-15(5-2)6-7-16-12(17)8-10(3)11(9-14)13(16)18/h8H,4-7H2,1-3H3,(H,17,18)/p+1. The molecular formula is C13H20N3O2+. The normalized spacial score (nSPS) is 10.6. The van der Waals surface area contributed by atoms with Crippen LogP contribution in [0.1, 0.15) is 25.0 Å². The quantitative estimate of drug-likeness (QED) is 0.762. The molecule has 5 heteroatoms. The molecule has 0 bridgehead atoms. The van der Waals surface area contributed by atoms with Gasteiger partial charge in [0.15, 0.2) is 12.1 Å². The summed E-state index contributed by atoms with van der Waals surface area (Å²) in [7, 11) is 0. The number of pyridine rings is 1. The summed E-state index contributed by atoms with van der Waals surface area (Å²) >= 11 is 0. The highest BCUT2D eigenvalue weighted by atomic mass is 16.3. The maximum Gasteiger partial charge on any atom is 0.387 e. The molecule has 0 fully saturated rings. The van der Waals surface area contributed by atoms with Crippen molar-refractivity contribution in [2.45, 2.75) is 27.3 Å². The van der Waals surface area contributed by atoms with Gasteiger partial charge in [0, 0.05) is 0 Å². The van der Waals surface area contributed by atoms with E-state index in [0.717, 1.165) is 13.1 Å². The Hall–Kier alpha value is -1.80. The van der Waals surface area contributed by atoms with Crippen LogP contribution in [0.15, 0.2) is 6.07 Å². The minimum Gasteiger partial charge on any atom is -0.460 e. The third-order valence-corrected chi connectivity index (χ3v) is 3.14. The van der Waals surface area contributed by atoms with E-state index in [4.69, 9.17) is 5.26 Å². The molecule has 1 heterocycles. The van der Waals surface area contributed by atoms with Gasteiger partial charge in [-0.15, -0.1) is 4.57 Å². The van der Waals surface area contributed by atoms with E-state index in [2.05, 4.69) is 18.7 Å². The third kappa shape index (κ3) is 2.90. The molecule has 98 valence electrons. The van der Waals surface area contributed by atoms with Crippen LogP contribution in [0.2, 0.25) is 0 Å². The maximum absolute atomic E-state index is 9.97. The van der Waals surface area contributed by atoms with Crippen molar-refractivity contribution < 1.29 is 14.8 Å². The Morgan fingerprint density at radius 3 is 2.44 bits per heavy atom. The second-order valence-electron chi connectivity index (χ2n) is 4.17. The van der Waals surface area contributed by atoms with Crippen molar-refractivity contribution in [1.29, 1.82) is 5.26 Å². The molecule has 0 amide bonds. The highest BCUT2D eigenvalue weighted by Gasteiger charge is 2.23. The van der Waals surface area contributed by atoms with Crippen LogP contribution in [-0.4, -0.2) is 34.7 Å². The second-order valence-corrected chi connectivity index (χ2v) is 4.17. The van der Waals surface area contributed by atoms with Gasteiger partial charge in [-0.1, -0.05) is 13.8 Å². The second kappa shape index (κ2) is 6.22. The Morgan fingerprint density at radius 1 is 1.33 bits per heavy atom. The van der Waals surface area contributed by atoms with Crippen LogP contribution in [0, 0.1) is 18.3 Å². The van der Waals surface area contributed by atoms with Gasteiger partial charge in [-0.25, -0.2) is 0 Å². The summed E-state index contributed by atoms with van der Waals surface area (Å²) in [5, 5.41) is 28.8. The Bertz CT molecular complexity index is 462. The Labute approximate surface area is 108 Å². The fourth-order valence-corrected chi connectivity index (χ4v) is 1.90. The zero-order chi connectivity index (χ0) is 13.7. The zero-order valence-corrected chi connectivity index (χ0v) is 11.1. The van der Waals surface area contributed by atoms with Crippen LogP contribution in [-0.2, 0) is 6.54 Å². The molecule has 5 nitrogen and oxygen atoms in total. The molecule has 1 aromatic rings. The van der Waals surface area contributed by atoms with Crippen LogP contribution in [0.25, 0.3) is 0 Å². The largest absolute Gasteiger partial charge is 0.460 e. The molecule has 0 saturated heterocycles. The van der Waals surface area contributed by atoms with Crippen LogP contribution < -0.4 is 4.57 Å². The lowest BCUT2D eigenvalue weighted by molar-refractivity contribution is -0.707. The van der Waals surface area contributed by atoms with Crippen LogP contribution in [0.4, 0.5) is 0 Å². The molecule has 2 N–H and O–H groups in total. The highest BCUT2D eigenvalue weighted by molar-refractivity contribution is 5.42. The van der Waals surface area contributed by atoms with E-state index in [9.17, 15) is 10.2 Å². The van der Waals surface area contributed by atoms with Gasteiger partial charge in [-0.05, 0) is 25.6 Å². The number of nitrogens with zero attached hydrogens (tertiary/aromatic N) is 3. The van der Waals surface area contributed by atoms with Gasteiger partial charge in [-0.2, -0.15) is 5.26 Å². The van der Waals surface area contributed by atoms with Crippen molar-refractivity contribution in [2.24, 2.45) is 0 Å². The topological polar surface area (TPSA) is 71.4 Å². The molecule has 0 aliphatic rings. The molecule has 0 unspecified atom stereocenters. The van der Waals surface area contributed by atoms with Crippen molar-refractivity contribution in [3.05, 3.63) is 17.2 Å². The van der Waals surface area contributed by atoms with Crippen molar-refractivity contribution in [3.63, 3.8) is 0 Å². The SMILES string of the molecule is CCN(CC)CC[n+]1c(O)cc(C)c(C#N)c1O. The molecule has 0 aliphatic heterocycles. The molecule has 0 spiro atoms. The van der Waals surface area contributed by atoms with E-state index in [0.29, 0.717) is 18.7 Å². The van der Waals surface area contributed by atoms with Gasteiger partial charge in [0.25, 0.3) is 0 Å². The molecular weight excluding hydrogens is 230 g/mol. The molecule has 1 aromatic heterocycles. The highest BCUT2D eigenvalue weighted by Crippen LogP contribution is 2.19. The van der Waals surface area contributed by atoms with E-state index >= 15 is 0 Å². The smallest absolute Gasteiger partial charge is 0.387 e. The number of aromatic hydroxyl groups is 2. The predicted molar refractivity (Wildman–Crippen MR) is 67.2 cm³/mol. The first-order valence-electron chi connectivity index (χ1n) is 6.12. The van der Waals surface area contributed by atoms with E-state index in [1.165, 1.54) is 10.6 Å². The van der Waals surface area contributed by atoms with Crippen molar-refractivity contribution >= 4 is 0 Å². The molecule has 0 aromatic carbocycles. The first-order chi connectivity index (χ1) is 8.54. The minimum absolute atomic E-state index is 0.0174. The number of rotatable bonds is 5. The van der Waals surface area contributed by atoms with E-state index < -0.39 is 0 Å². The van der Waals surface area contributed by atoms with Gasteiger partial charge in [0.2, 0.25) is 0 Å². The van der Waals surface area contributed by atoms with Crippen molar-refractivity contribution in [2.75, 3.05) is 19.6 Å². The molecule has 0 atom stereocenters. The summed E-state index contributed by atoms with van der Waals surface area (Å²) in [6.07, 6.45) is 0. The van der Waals surface area contributed by atoms with Crippen LogP contribution in [0.3, 0.4) is 0 Å². The van der Waals surface area contributed by atoms with Gasteiger partial charge in [0.1, 0.15) is 6.07 Å². The van der Waals surface area contributed by atoms with E-state index in [1.54, 1.807) is 6.92 Å². The number of nitriles is 1. The fraction of sp³-hybridized carbons (Fsp3) is 0.538. The lowest BCUT2D eigenvalue weighted by Crippen LogP contribution is -2.41. The third-order valence-electron chi connectivity index (χ3n) is 3.14. The van der Waals surface area contributed by atoms with Crippen molar-refractivity contribution in [3.8, 4) is 17.8 Å². The van der Waals surface area contributed by atoms with Gasteiger partial charge < -0.3 is 10.2 Å². The Morgan fingerprint density at radius 2 is 1.94 bits per heavy atom. The number of hydrogen-bond acceptors (Lipinski definition) is 4. The summed E-state index contributed by atoms with van der Waals surface area (Å²) in [6, 6.07) is 3.45. The summed E-state index contributed by atoms with van der Waals surface area (Å²) in [5.41, 5.74) is 0.791. The molecule has 0 saturated carbocycles. The average molecular weight is 250 g/mol. The summed E-state index contributed by atoms with van der Waals surface area (Å²) in [5.74, 6) is -0.182. The van der Waals surface area contributed by atoms with Gasteiger partial charge in [-0.3, -0.25) is 4.90 Å². The fourth-order valence-electron chi connectivity index (χ4n) is 1.90. The van der Waals surface area contributed by atoms with Crippen LogP contribution in [0.5, 0.6) is 11.8 Å². The number of aromatic nitrogens is 1. The maximum atomic E-state index is 9.97. The summed E-state index contributed by atoms with van der Waals surface area (Å²) in [4.78, 5) is 2.18. The van der Waals surface area contributed by atoms with Gasteiger partial charge in [0.05, 0.1) is 12.6 Å². The average Bonchev–Trinajstić information content (AvgIpc) is 2.34. The molecule has 1 rings (SSSR count). The Kier molecular flexibility index (Phi) is 4.93. The number of hydrogen-bond donors (Lipinski definition) is 2. The van der Waals surface area contributed by atoms with Crippen LogP contribution >= 0.6 is 0 Å². The minimum atomic E-state index is -0.165. The van der Waals surface area contributed by atoms with Gasteiger partial charge >= 0.3 is 11.8 Å². The summed E-state index contributed by atoms with van der Waals surface area (Å²) in [6.45, 7) is 8.80. The zero-order valence-electron chi connectivity index (χ0n) is 11.1. The lowest BCUT2D eigenvalue weighted by Gasteiger charge is -2.16. The van der Waals surface area contributed by atoms with E-state index in [-0.39, 0.29) is 17.3 Å². The number of likely N-dealkylation sites (N-methyl/N-ethyl adjacent to an activating group) is 1.